The van der Waals surface area contributed by atoms with E-state index in [4.69, 9.17) is 4.74 Å². The van der Waals surface area contributed by atoms with Gasteiger partial charge in [-0.15, -0.1) is 0 Å². The first kappa shape index (κ1) is 24.2. The highest BCUT2D eigenvalue weighted by Crippen LogP contribution is 2.17. The van der Waals surface area contributed by atoms with Gasteiger partial charge >= 0.3 is 0 Å². The minimum Gasteiger partial charge on any atom is -0.494 e. The second-order valence-corrected chi connectivity index (χ2v) is 7.97. The molecule has 0 saturated carbocycles. The first-order valence-corrected chi connectivity index (χ1v) is 11.8. The van der Waals surface area contributed by atoms with Crippen LogP contribution in [0.2, 0.25) is 0 Å². The summed E-state index contributed by atoms with van der Waals surface area (Å²) in [4.78, 5) is 12.4. The maximum absolute atomic E-state index is 12.4. The second-order valence-electron chi connectivity index (χ2n) is 7.97. The molecule has 0 atom stereocenters. The normalized spacial score (nSPS) is 11.1. The van der Waals surface area contributed by atoms with Gasteiger partial charge in [-0.1, -0.05) is 82.2 Å². The number of unbranched alkanes of at least 4 members (excludes halogenated alkanes) is 7. The van der Waals surface area contributed by atoms with Crippen LogP contribution in [0.4, 0.5) is 0 Å². The molecule has 7 heteroatoms. The van der Waals surface area contributed by atoms with Crippen molar-refractivity contribution in [2.75, 3.05) is 6.61 Å². The van der Waals surface area contributed by atoms with Crippen LogP contribution in [0.1, 0.15) is 74.3 Å². The summed E-state index contributed by atoms with van der Waals surface area (Å²) in [6.07, 6.45) is 11.7. The standard InChI is InChI=1S/C26H33N5O2/c1-2-3-4-5-6-7-8-12-19-33-23-17-15-22(16-18-23)26(32)30-27-20-24-25(29-31-28-24)21-13-10-9-11-14-21/h9-11,13-18,20H,2-8,12,19H2,1H3,(H,30,32)(H,28,29,31)/b27-20-. The maximum atomic E-state index is 12.4. The molecule has 1 amide bonds. The van der Waals surface area contributed by atoms with Crippen molar-refractivity contribution in [2.45, 2.75) is 58.3 Å². The number of benzene rings is 2. The van der Waals surface area contributed by atoms with Crippen molar-refractivity contribution in [3.05, 3.63) is 65.9 Å². The molecular formula is C26H33N5O2. The average Bonchev–Trinajstić information content (AvgIpc) is 3.32. The van der Waals surface area contributed by atoms with Gasteiger partial charge in [-0.05, 0) is 30.7 Å². The molecule has 0 aliphatic rings. The average molecular weight is 448 g/mol. The van der Waals surface area contributed by atoms with E-state index >= 15 is 0 Å². The number of rotatable bonds is 14. The van der Waals surface area contributed by atoms with E-state index in [0.717, 1.165) is 17.7 Å². The molecule has 2 N–H and O–H groups in total. The Morgan fingerprint density at radius 1 is 0.939 bits per heavy atom. The molecule has 2 aromatic carbocycles. The number of ether oxygens (including phenoxy) is 1. The first-order chi connectivity index (χ1) is 16.3. The molecule has 0 aliphatic carbocycles. The smallest absolute Gasteiger partial charge is 0.271 e. The molecule has 3 rings (SSSR count). The Labute approximate surface area is 195 Å². The zero-order valence-electron chi connectivity index (χ0n) is 19.3. The van der Waals surface area contributed by atoms with Gasteiger partial charge in [0, 0.05) is 11.1 Å². The second kappa shape index (κ2) is 13.8. The number of hydrogen-bond acceptors (Lipinski definition) is 5. The Bertz CT molecular complexity index is 983. The number of amides is 1. The van der Waals surface area contributed by atoms with Crippen LogP contribution in [-0.2, 0) is 0 Å². The van der Waals surface area contributed by atoms with E-state index in [1.54, 1.807) is 12.1 Å². The van der Waals surface area contributed by atoms with Gasteiger partial charge in [0.15, 0.2) is 0 Å². The van der Waals surface area contributed by atoms with Crippen molar-refractivity contribution < 1.29 is 9.53 Å². The van der Waals surface area contributed by atoms with Gasteiger partial charge in [-0.3, -0.25) is 4.79 Å². The highest BCUT2D eigenvalue weighted by atomic mass is 16.5. The molecule has 0 unspecified atom stereocenters. The Morgan fingerprint density at radius 3 is 2.36 bits per heavy atom. The van der Waals surface area contributed by atoms with Crippen molar-refractivity contribution in [3.63, 3.8) is 0 Å². The van der Waals surface area contributed by atoms with Crippen molar-refractivity contribution in [1.29, 1.82) is 0 Å². The Morgan fingerprint density at radius 2 is 1.64 bits per heavy atom. The number of carbonyl (C=O) groups excluding carboxylic acids is 1. The summed E-state index contributed by atoms with van der Waals surface area (Å²) in [5.41, 5.74) is 5.18. The highest BCUT2D eigenvalue weighted by molar-refractivity contribution is 5.95. The molecule has 174 valence electrons. The molecule has 0 spiro atoms. The summed E-state index contributed by atoms with van der Waals surface area (Å²) in [6, 6.07) is 16.8. The largest absolute Gasteiger partial charge is 0.494 e. The summed E-state index contributed by atoms with van der Waals surface area (Å²) < 4.78 is 5.79. The maximum Gasteiger partial charge on any atom is 0.271 e. The van der Waals surface area contributed by atoms with E-state index in [2.05, 4.69) is 32.9 Å². The predicted octanol–water partition coefficient (Wildman–Crippen LogP) is 5.76. The lowest BCUT2D eigenvalue weighted by Gasteiger charge is -2.07. The van der Waals surface area contributed by atoms with E-state index in [9.17, 15) is 4.79 Å². The van der Waals surface area contributed by atoms with Gasteiger partial charge in [0.2, 0.25) is 0 Å². The van der Waals surface area contributed by atoms with Crippen LogP contribution in [0.3, 0.4) is 0 Å². The van der Waals surface area contributed by atoms with E-state index < -0.39 is 0 Å². The van der Waals surface area contributed by atoms with Gasteiger partial charge in [0.05, 0.1) is 12.8 Å². The molecule has 1 aromatic heterocycles. The molecule has 33 heavy (non-hydrogen) atoms. The third-order valence-corrected chi connectivity index (χ3v) is 5.36. The Hall–Kier alpha value is -3.48. The third-order valence-electron chi connectivity index (χ3n) is 5.36. The number of hydrogen-bond donors (Lipinski definition) is 2. The van der Waals surface area contributed by atoms with E-state index in [1.807, 2.05) is 42.5 Å². The lowest BCUT2D eigenvalue weighted by Crippen LogP contribution is -2.17. The molecule has 0 bridgehead atoms. The number of carbonyl (C=O) groups is 1. The van der Waals surface area contributed by atoms with Crippen molar-refractivity contribution in [2.24, 2.45) is 5.10 Å². The van der Waals surface area contributed by atoms with Crippen LogP contribution in [-0.4, -0.2) is 34.1 Å². The van der Waals surface area contributed by atoms with Gasteiger partial charge in [0.25, 0.3) is 5.91 Å². The molecule has 0 saturated heterocycles. The van der Waals surface area contributed by atoms with Gasteiger partial charge in [-0.2, -0.15) is 20.5 Å². The minimum atomic E-state index is -0.300. The number of hydrazone groups is 1. The van der Waals surface area contributed by atoms with Crippen LogP contribution in [0.25, 0.3) is 11.3 Å². The van der Waals surface area contributed by atoms with Crippen LogP contribution < -0.4 is 10.2 Å². The molecule has 1 heterocycles. The SMILES string of the molecule is CCCCCCCCCCOc1ccc(C(=O)N/N=C\c2n[nH]nc2-c2ccccc2)cc1. The number of H-pyrrole nitrogens is 1. The predicted molar refractivity (Wildman–Crippen MR) is 131 cm³/mol. The summed E-state index contributed by atoms with van der Waals surface area (Å²) in [5.74, 6) is 0.471. The fraction of sp³-hybridized carbons (Fsp3) is 0.385. The number of nitrogens with zero attached hydrogens (tertiary/aromatic N) is 3. The molecular weight excluding hydrogens is 414 g/mol. The van der Waals surface area contributed by atoms with E-state index in [0.29, 0.717) is 23.6 Å². The Kier molecular flexibility index (Phi) is 10.1. The summed E-state index contributed by atoms with van der Waals surface area (Å²) in [6.45, 7) is 2.94. The minimum absolute atomic E-state index is 0.300. The molecule has 0 radical (unpaired) electrons. The number of aromatic amines is 1. The topological polar surface area (TPSA) is 92.3 Å². The van der Waals surface area contributed by atoms with Crippen LogP contribution >= 0.6 is 0 Å². The zero-order valence-corrected chi connectivity index (χ0v) is 19.3. The van der Waals surface area contributed by atoms with Crippen molar-refractivity contribution in [1.82, 2.24) is 20.8 Å². The monoisotopic (exact) mass is 447 g/mol. The number of aromatic nitrogens is 3. The molecule has 7 nitrogen and oxygen atoms in total. The molecule has 0 aliphatic heterocycles. The third kappa shape index (κ3) is 8.18. The van der Waals surface area contributed by atoms with Crippen molar-refractivity contribution in [3.8, 4) is 17.0 Å². The fourth-order valence-electron chi connectivity index (χ4n) is 3.48. The van der Waals surface area contributed by atoms with Gasteiger partial charge < -0.3 is 4.74 Å². The lowest BCUT2D eigenvalue weighted by molar-refractivity contribution is 0.0955. The van der Waals surface area contributed by atoms with E-state index in [-0.39, 0.29) is 5.91 Å². The van der Waals surface area contributed by atoms with Crippen LogP contribution in [0.5, 0.6) is 5.75 Å². The summed E-state index contributed by atoms with van der Waals surface area (Å²) >= 11 is 0. The van der Waals surface area contributed by atoms with Crippen molar-refractivity contribution >= 4 is 12.1 Å². The lowest BCUT2D eigenvalue weighted by atomic mass is 10.1. The first-order valence-electron chi connectivity index (χ1n) is 11.8. The summed E-state index contributed by atoms with van der Waals surface area (Å²) in [5, 5.41) is 14.9. The van der Waals surface area contributed by atoms with Gasteiger partial charge in [-0.25, -0.2) is 5.43 Å². The van der Waals surface area contributed by atoms with Gasteiger partial charge in [0.1, 0.15) is 17.1 Å². The Balaban J connectivity index is 1.38. The quantitative estimate of drug-likeness (QED) is 0.187. The highest BCUT2D eigenvalue weighted by Gasteiger charge is 2.09. The summed E-state index contributed by atoms with van der Waals surface area (Å²) in [7, 11) is 0. The van der Waals surface area contributed by atoms with Crippen LogP contribution in [0, 0.1) is 0 Å². The van der Waals surface area contributed by atoms with E-state index in [1.165, 1.54) is 51.2 Å². The van der Waals surface area contributed by atoms with Crippen LogP contribution in [0.15, 0.2) is 59.7 Å². The fourth-order valence-corrected chi connectivity index (χ4v) is 3.48. The number of nitrogens with one attached hydrogen (secondary N) is 2. The zero-order chi connectivity index (χ0) is 23.1. The molecule has 0 fully saturated rings. The molecule has 3 aromatic rings.